The Hall–Kier alpha value is -3.51. The molecule has 0 aliphatic carbocycles. The number of alkyl halides is 3. The molecule has 0 aromatic carbocycles. The predicted molar refractivity (Wildman–Crippen MR) is 143 cm³/mol. The van der Waals surface area contributed by atoms with Gasteiger partial charge in [-0.1, -0.05) is 17.7 Å². The number of hydrogen-bond acceptors (Lipinski definition) is 6. The summed E-state index contributed by atoms with van der Waals surface area (Å²) in [6.45, 7) is 9.31. The van der Waals surface area contributed by atoms with E-state index in [2.05, 4.69) is 9.97 Å². The van der Waals surface area contributed by atoms with Crippen LogP contribution in [0.3, 0.4) is 0 Å². The number of hydrogen-bond donors (Lipinski definition) is 1. The lowest BCUT2D eigenvalue weighted by atomic mass is 9.97. The van der Waals surface area contributed by atoms with E-state index in [0.29, 0.717) is 35.6 Å². The van der Waals surface area contributed by atoms with Gasteiger partial charge in [0.1, 0.15) is 17.0 Å². The van der Waals surface area contributed by atoms with Crippen LogP contribution in [0.2, 0.25) is 5.02 Å². The summed E-state index contributed by atoms with van der Waals surface area (Å²) in [7, 11) is 0. The van der Waals surface area contributed by atoms with Crippen molar-refractivity contribution in [1.82, 2.24) is 29.5 Å². The van der Waals surface area contributed by atoms with Crippen LogP contribution in [0, 0.1) is 0 Å². The number of aromatic nitrogens is 4. The first kappa shape index (κ1) is 29.0. The maximum absolute atomic E-state index is 13.9. The fourth-order valence-corrected chi connectivity index (χ4v) is 5.61. The molecule has 3 aromatic heterocycles. The molecule has 13 heteroatoms. The fourth-order valence-electron chi connectivity index (χ4n) is 5.40. The second kappa shape index (κ2) is 10.1. The maximum atomic E-state index is 13.9. The number of carbonyl (C=O) groups is 2. The molecule has 2 aliphatic heterocycles. The highest BCUT2D eigenvalue weighted by atomic mass is 35.5. The Morgan fingerprint density at radius 3 is 2.46 bits per heavy atom. The Morgan fingerprint density at radius 2 is 1.85 bits per heavy atom. The molecular weight excluding hydrogens is 561 g/mol. The van der Waals surface area contributed by atoms with Gasteiger partial charge in [-0.05, 0) is 58.4 Å². The normalized spacial score (nSPS) is 20.1. The number of halogens is 4. The minimum Gasteiger partial charge on any atom is -0.384 e. The molecule has 0 radical (unpaired) electrons. The maximum Gasteiger partial charge on any atom is 0.434 e. The van der Waals surface area contributed by atoms with E-state index in [1.807, 2.05) is 19.9 Å². The zero-order valence-corrected chi connectivity index (χ0v) is 24.0. The molecule has 2 amide bonds. The zero-order chi connectivity index (χ0) is 30.0. The summed E-state index contributed by atoms with van der Waals surface area (Å²) in [5.41, 5.74) is 0.117. The van der Waals surface area contributed by atoms with Crippen LogP contribution in [0.25, 0.3) is 0 Å². The third-order valence-corrected chi connectivity index (χ3v) is 8.05. The Morgan fingerprint density at radius 1 is 1.15 bits per heavy atom. The quantitative estimate of drug-likeness (QED) is 0.462. The van der Waals surface area contributed by atoms with Crippen LogP contribution in [0.5, 0.6) is 0 Å². The van der Waals surface area contributed by atoms with Gasteiger partial charge in [0.25, 0.3) is 11.8 Å². The van der Waals surface area contributed by atoms with E-state index in [4.69, 9.17) is 16.7 Å². The van der Waals surface area contributed by atoms with Gasteiger partial charge in [-0.25, -0.2) is 4.98 Å². The van der Waals surface area contributed by atoms with E-state index in [1.165, 1.54) is 11.0 Å². The van der Waals surface area contributed by atoms with Crippen molar-refractivity contribution < 1.29 is 27.9 Å². The molecule has 0 spiro atoms. The Balaban J connectivity index is 1.45. The number of fused-ring (bicyclic) bond motifs is 3. The van der Waals surface area contributed by atoms with Gasteiger partial charge in [-0.3, -0.25) is 19.3 Å². The summed E-state index contributed by atoms with van der Waals surface area (Å²) in [5.74, 6) is -0.952. The second-order valence-electron chi connectivity index (χ2n) is 11.2. The molecule has 218 valence electrons. The zero-order valence-electron chi connectivity index (χ0n) is 23.2. The lowest BCUT2D eigenvalue weighted by Crippen LogP contribution is -2.45. The molecule has 9 nitrogen and oxygen atoms in total. The minimum absolute atomic E-state index is 0.00115. The molecule has 0 saturated carbocycles. The molecule has 1 N–H and O–H groups in total. The third-order valence-electron chi connectivity index (χ3n) is 7.74. The fraction of sp³-hybridized carbons (Fsp3) is 0.464. The van der Waals surface area contributed by atoms with Crippen molar-refractivity contribution in [1.29, 1.82) is 0 Å². The van der Waals surface area contributed by atoms with Crippen LogP contribution >= 0.6 is 11.6 Å². The average molecular weight is 591 g/mol. The molecule has 0 bridgehead atoms. The number of nitrogens with zero attached hydrogens (tertiary/aromatic N) is 6. The van der Waals surface area contributed by atoms with Gasteiger partial charge in [0.15, 0.2) is 5.69 Å². The van der Waals surface area contributed by atoms with Crippen molar-refractivity contribution in [2.45, 2.75) is 77.5 Å². The molecule has 3 atom stereocenters. The molecule has 5 heterocycles. The first-order chi connectivity index (χ1) is 19.1. The molecule has 5 rings (SSSR count). The molecule has 0 saturated heterocycles. The van der Waals surface area contributed by atoms with Crippen LogP contribution in [-0.4, -0.2) is 59.1 Å². The van der Waals surface area contributed by atoms with Crippen molar-refractivity contribution >= 4 is 23.4 Å². The Kier molecular flexibility index (Phi) is 7.14. The summed E-state index contributed by atoms with van der Waals surface area (Å²) in [6.07, 6.45) is -2.83. The first-order valence-electron chi connectivity index (χ1n) is 13.2. The average Bonchev–Trinajstić information content (AvgIpc) is 3.27. The van der Waals surface area contributed by atoms with E-state index in [9.17, 15) is 27.9 Å². The summed E-state index contributed by atoms with van der Waals surface area (Å²) in [4.78, 5) is 38.4. The summed E-state index contributed by atoms with van der Waals surface area (Å²) in [6, 6.07) is 4.86. The third kappa shape index (κ3) is 5.19. The number of carbonyl (C=O) groups excluding carboxylic acids is 2. The van der Waals surface area contributed by atoms with Gasteiger partial charge in [0.05, 0.1) is 35.0 Å². The molecule has 0 unspecified atom stereocenters. The number of rotatable bonds is 4. The SMILES string of the molecule is C[C@@H]1Cc2nn3c(c2CN1C(=O)c1ccc(Cl)c(C(F)(F)F)n1)C(=O)N([C@@H](C)c1ccc(C(C)(C)O)nc1)C[C@H]3C. The highest BCUT2D eigenvalue weighted by Crippen LogP contribution is 2.36. The van der Waals surface area contributed by atoms with Gasteiger partial charge >= 0.3 is 6.18 Å². The van der Waals surface area contributed by atoms with Crippen molar-refractivity contribution in [3.63, 3.8) is 0 Å². The monoisotopic (exact) mass is 590 g/mol. The number of aliphatic hydroxyl groups is 1. The van der Waals surface area contributed by atoms with E-state index >= 15 is 0 Å². The lowest BCUT2D eigenvalue weighted by molar-refractivity contribution is -0.141. The smallest absolute Gasteiger partial charge is 0.384 e. The van der Waals surface area contributed by atoms with Crippen LogP contribution in [-0.2, 0) is 24.7 Å². The largest absolute Gasteiger partial charge is 0.434 e. The Labute approximate surface area is 239 Å². The van der Waals surface area contributed by atoms with Crippen molar-refractivity contribution in [3.8, 4) is 0 Å². The summed E-state index contributed by atoms with van der Waals surface area (Å²) < 4.78 is 41.9. The van der Waals surface area contributed by atoms with Crippen molar-refractivity contribution in [2.75, 3.05) is 6.54 Å². The lowest BCUT2D eigenvalue weighted by Gasteiger charge is -2.37. The highest BCUT2D eigenvalue weighted by Gasteiger charge is 2.41. The van der Waals surface area contributed by atoms with Gasteiger partial charge in [0.2, 0.25) is 0 Å². The standard InChI is InChI=1S/C28H30ClF3N6O3/c1-14-10-21-18(13-36(14)25(39)20-8-7-19(29)24(34-20)28(30,31)32)23-26(40)37(12-15(2)38(23)35-21)16(3)17-6-9-22(33-11-17)27(4,5)41/h6-9,11,14-16,41H,10,12-13H2,1-5H3/t14-,15-,16+/m1/s1. The van der Waals surface area contributed by atoms with Crippen LogP contribution in [0.15, 0.2) is 30.5 Å². The minimum atomic E-state index is -4.81. The molecule has 41 heavy (non-hydrogen) atoms. The molecule has 0 fully saturated rings. The predicted octanol–water partition coefficient (Wildman–Crippen LogP) is 4.94. The molecular formula is C28H30ClF3N6O3. The number of pyridine rings is 2. The molecule has 2 aliphatic rings. The van der Waals surface area contributed by atoms with Crippen molar-refractivity contribution in [3.05, 3.63) is 75.1 Å². The topological polar surface area (TPSA) is 104 Å². The Bertz CT molecular complexity index is 1520. The van der Waals surface area contributed by atoms with E-state index in [0.717, 1.165) is 11.6 Å². The van der Waals surface area contributed by atoms with Gasteiger partial charge < -0.3 is 14.9 Å². The first-order valence-corrected chi connectivity index (χ1v) is 13.6. The molecule has 3 aromatic rings. The van der Waals surface area contributed by atoms with Crippen LogP contribution in [0.4, 0.5) is 13.2 Å². The van der Waals surface area contributed by atoms with Gasteiger partial charge in [0, 0.05) is 30.8 Å². The van der Waals surface area contributed by atoms with Crippen LogP contribution in [0.1, 0.15) is 95.9 Å². The van der Waals surface area contributed by atoms with Gasteiger partial charge in [-0.2, -0.15) is 18.3 Å². The van der Waals surface area contributed by atoms with E-state index in [-0.39, 0.29) is 36.3 Å². The van der Waals surface area contributed by atoms with E-state index < -0.39 is 28.4 Å². The summed E-state index contributed by atoms with van der Waals surface area (Å²) >= 11 is 5.70. The van der Waals surface area contributed by atoms with Crippen LogP contribution < -0.4 is 0 Å². The second-order valence-corrected chi connectivity index (χ2v) is 11.7. The summed E-state index contributed by atoms with van der Waals surface area (Å²) in [5, 5.41) is 14.4. The van der Waals surface area contributed by atoms with Gasteiger partial charge in [-0.15, -0.1) is 0 Å². The van der Waals surface area contributed by atoms with Crippen molar-refractivity contribution in [2.24, 2.45) is 0 Å². The van der Waals surface area contributed by atoms with E-state index in [1.54, 1.807) is 42.6 Å². The number of amides is 2. The highest BCUT2D eigenvalue weighted by molar-refractivity contribution is 6.31.